The smallest absolute Gasteiger partial charge is 0.231 e. The highest BCUT2D eigenvalue weighted by Crippen LogP contribution is 2.44. The number of aliphatic hydroxyl groups is 1. The highest BCUT2D eigenvalue weighted by Gasteiger charge is 2.29. The fourth-order valence-corrected chi connectivity index (χ4v) is 1.95. The van der Waals surface area contributed by atoms with E-state index in [-0.39, 0.29) is 16.8 Å². The van der Waals surface area contributed by atoms with Crippen LogP contribution < -0.4 is 9.47 Å². The van der Waals surface area contributed by atoms with Crippen LogP contribution in [0, 0.1) is 5.82 Å². The summed E-state index contributed by atoms with van der Waals surface area (Å²) in [6, 6.07) is 1.46. The van der Waals surface area contributed by atoms with Crippen molar-refractivity contribution < 1.29 is 19.0 Å². The molecule has 0 radical (unpaired) electrons. The summed E-state index contributed by atoms with van der Waals surface area (Å²) >= 11 is 3.08. The Bertz CT molecular complexity index is 412. The van der Waals surface area contributed by atoms with Gasteiger partial charge in [-0.05, 0) is 35.8 Å². The highest BCUT2D eigenvalue weighted by molar-refractivity contribution is 9.10. The summed E-state index contributed by atoms with van der Waals surface area (Å²) in [6.07, 6.45) is 0. The summed E-state index contributed by atoms with van der Waals surface area (Å²) in [5.41, 5.74) is -1.08. The number of halogens is 2. The van der Waals surface area contributed by atoms with E-state index in [2.05, 4.69) is 15.9 Å². The van der Waals surface area contributed by atoms with E-state index in [1.54, 1.807) is 0 Å². The SMILES string of the molecule is CC(C)(O)c1cc2c(c(Br)c1F)OCO2. The van der Waals surface area contributed by atoms with Crippen molar-refractivity contribution in [2.45, 2.75) is 19.4 Å². The predicted molar refractivity (Wildman–Crippen MR) is 55.5 cm³/mol. The Hall–Kier alpha value is -0.810. The Kier molecular flexibility index (Phi) is 2.39. The molecule has 1 aromatic rings. The average molecular weight is 277 g/mol. The maximum absolute atomic E-state index is 13.8. The topological polar surface area (TPSA) is 38.7 Å². The van der Waals surface area contributed by atoms with Gasteiger partial charge in [-0.2, -0.15) is 0 Å². The standard InChI is InChI=1S/C10H10BrFO3/c1-10(2,13)5-3-6-9(15-4-14-6)7(11)8(5)12/h3,13H,4H2,1-2H3. The first-order valence-electron chi connectivity index (χ1n) is 4.41. The molecule has 3 nitrogen and oxygen atoms in total. The Morgan fingerprint density at radius 2 is 2.13 bits per heavy atom. The van der Waals surface area contributed by atoms with E-state index in [0.717, 1.165) is 0 Å². The van der Waals surface area contributed by atoms with E-state index in [1.165, 1.54) is 19.9 Å². The van der Waals surface area contributed by atoms with Crippen molar-refractivity contribution in [3.63, 3.8) is 0 Å². The lowest BCUT2D eigenvalue weighted by Crippen LogP contribution is -2.17. The maximum atomic E-state index is 13.8. The van der Waals surface area contributed by atoms with Gasteiger partial charge < -0.3 is 14.6 Å². The molecule has 1 aromatic carbocycles. The van der Waals surface area contributed by atoms with Crippen LogP contribution in [-0.2, 0) is 5.60 Å². The van der Waals surface area contributed by atoms with Crippen molar-refractivity contribution >= 4 is 15.9 Å². The minimum Gasteiger partial charge on any atom is -0.454 e. The molecule has 0 aliphatic carbocycles. The second-order valence-electron chi connectivity index (χ2n) is 3.84. The number of fused-ring (bicyclic) bond motifs is 1. The molecule has 1 heterocycles. The minimum atomic E-state index is -1.26. The Balaban J connectivity index is 2.64. The Labute approximate surface area is 94.9 Å². The highest BCUT2D eigenvalue weighted by atomic mass is 79.9. The minimum absolute atomic E-state index is 0.0721. The molecule has 0 spiro atoms. The molecule has 0 atom stereocenters. The first-order chi connectivity index (χ1) is 6.91. The monoisotopic (exact) mass is 276 g/mol. The van der Waals surface area contributed by atoms with Gasteiger partial charge in [0.1, 0.15) is 5.82 Å². The van der Waals surface area contributed by atoms with Crippen molar-refractivity contribution in [3.05, 3.63) is 21.9 Å². The van der Waals surface area contributed by atoms with Gasteiger partial charge in [0.15, 0.2) is 11.5 Å². The van der Waals surface area contributed by atoms with Gasteiger partial charge >= 0.3 is 0 Å². The molecule has 0 amide bonds. The molecule has 2 rings (SSSR count). The molecule has 0 bridgehead atoms. The van der Waals surface area contributed by atoms with Gasteiger partial charge in [0, 0.05) is 5.56 Å². The van der Waals surface area contributed by atoms with E-state index in [1.807, 2.05) is 0 Å². The first kappa shape index (κ1) is 10.7. The third kappa shape index (κ3) is 1.70. The van der Waals surface area contributed by atoms with Crippen molar-refractivity contribution in [2.75, 3.05) is 6.79 Å². The van der Waals surface area contributed by atoms with Gasteiger partial charge in [-0.25, -0.2) is 4.39 Å². The van der Waals surface area contributed by atoms with Gasteiger partial charge in [0.25, 0.3) is 0 Å². The zero-order valence-corrected chi connectivity index (χ0v) is 9.89. The Morgan fingerprint density at radius 3 is 2.73 bits per heavy atom. The molecule has 0 unspecified atom stereocenters. The number of hydrogen-bond donors (Lipinski definition) is 1. The lowest BCUT2D eigenvalue weighted by molar-refractivity contribution is 0.0741. The largest absolute Gasteiger partial charge is 0.454 e. The molecular formula is C10H10BrFO3. The van der Waals surface area contributed by atoms with E-state index in [0.29, 0.717) is 11.5 Å². The molecule has 0 aromatic heterocycles. The van der Waals surface area contributed by atoms with E-state index in [4.69, 9.17) is 9.47 Å². The van der Waals surface area contributed by atoms with Crippen LogP contribution in [0.2, 0.25) is 0 Å². The molecular weight excluding hydrogens is 267 g/mol. The summed E-state index contributed by atoms with van der Waals surface area (Å²) in [6.45, 7) is 3.10. The quantitative estimate of drug-likeness (QED) is 0.857. The van der Waals surface area contributed by atoms with Crippen LogP contribution in [0.5, 0.6) is 11.5 Å². The van der Waals surface area contributed by atoms with Gasteiger partial charge in [-0.15, -0.1) is 0 Å². The van der Waals surface area contributed by atoms with Crippen LogP contribution in [-0.4, -0.2) is 11.9 Å². The summed E-state index contributed by atoms with van der Waals surface area (Å²) in [4.78, 5) is 0. The normalized spacial score (nSPS) is 14.5. The molecule has 15 heavy (non-hydrogen) atoms. The van der Waals surface area contributed by atoms with Crippen molar-refractivity contribution in [3.8, 4) is 11.5 Å². The maximum Gasteiger partial charge on any atom is 0.231 e. The fourth-order valence-electron chi connectivity index (χ4n) is 1.42. The third-order valence-corrected chi connectivity index (χ3v) is 2.91. The van der Waals surface area contributed by atoms with Gasteiger partial charge in [-0.3, -0.25) is 0 Å². The molecule has 1 N–H and O–H groups in total. The zero-order valence-electron chi connectivity index (χ0n) is 8.30. The van der Waals surface area contributed by atoms with E-state index in [9.17, 15) is 9.50 Å². The molecule has 0 saturated heterocycles. The summed E-state index contributed by atoms with van der Waals surface area (Å²) < 4.78 is 24.2. The summed E-state index contributed by atoms with van der Waals surface area (Å²) in [5, 5.41) is 9.77. The average Bonchev–Trinajstić information content (AvgIpc) is 2.57. The summed E-state index contributed by atoms with van der Waals surface area (Å²) in [5.74, 6) is 0.271. The van der Waals surface area contributed by atoms with Crippen molar-refractivity contribution in [2.24, 2.45) is 0 Å². The zero-order chi connectivity index (χ0) is 11.2. The number of hydrogen-bond acceptors (Lipinski definition) is 3. The van der Waals surface area contributed by atoms with Gasteiger partial charge in [0.2, 0.25) is 6.79 Å². The van der Waals surface area contributed by atoms with Crippen LogP contribution in [0.25, 0.3) is 0 Å². The third-order valence-electron chi connectivity index (χ3n) is 2.20. The lowest BCUT2D eigenvalue weighted by Gasteiger charge is -2.19. The molecule has 5 heteroatoms. The van der Waals surface area contributed by atoms with Crippen LogP contribution >= 0.6 is 15.9 Å². The van der Waals surface area contributed by atoms with Crippen molar-refractivity contribution in [1.82, 2.24) is 0 Å². The molecule has 1 aliphatic rings. The second-order valence-corrected chi connectivity index (χ2v) is 4.64. The van der Waals surface area contributed by atoms with Crippen LogP contribution in [0.15, 0.2) is 10.5 Å². The van der Waals surface area contributed by atoms with Crippen molar-refractivity contribution in [1.29, 1.82) is 0 Å². The summed E-state index contributed by atoms with van der Waals surface area (Å²) in [7, 11) is 0. The lowest BCUT2D eigenvalue weighted by atomic mass is 9.97. The van der Waals surface area contributed by atoms with Gasteiger partial charge in [0.05, 0.1) is 10.1 Å². The van der Waals surface area contributed by atoms with Gasteiger partial charge in [-0.1, -0.05) is 0 Å². The predicted octanol–water partition coefficient (Wildman–Crippen LogP) is 2.54. The number of rotatable bonds is 1. The Morgan fingerprint density at radius 1 is 1.47 bits per heavy atom. The number of ether oxygens (including phenoxy) is 2. The molecule has 82 valence electrons. The fraction of sp³-hybridized carbons (Fsp3) is 0.400. The molecule has 1 aliphatic heterocycles. The molecule has 0 fully saturated rings. The van der Waals surface area contributed by atoms with E-state index < -0.39 is 11.4 Å². The second kappa shape index (κ2) is 3.35. The number of benzene rings is 1. The van der Waals surface area contributed by atoms with Crippen LogP contribution in [0.4, 0.5) is 4.39 Å². The molecule has 0 saturated carbocycles. The van der Waals surface area contributed by atoms with E-state index >= 15 is 0 Å². The first-order valence-corrected chi connectivity index (χ1v) is 5.21. The van der Waals surface area contributed by atoms with Crippen LogP contribution in [0.3, 0.4) is 0 Å². The van der Waals surface area contributed by atoms with Crippen LogP contribution in [0.1, 0.15) is 19.4 Å².